The summed E-state index contributed by atoms with van der Waals surface area (Å²) >= 11 is 2.05. The van der Waals surface area contributed by atoms with Crippen molar-refractivity contribution in [1.29, 1.82) is 0 Å². The van der Waals surface area contributed by atoms with Crippen LogP contribution in [0.5, 0.6) is 0 Å². The predicted octanol–water partition coefficient (Wildman–Crippen LogP) is 1.25. The van der Waals surface area contributed by atoms with Gasteiger partial charge >= 0.3 is 0 Å². The lowest BCUT2D eigenvalue weighted by Crippen LogP contribution is -2.36. The number of aryl methyl sites for hydroxylation is 1. The summed E-state index contributed by atoms with van der Waals surface area (Å²) in [5.41, 5.74) is 0. The summed E-state index contributed by atoms with van der Waals surface area (Å²) in [6, 6.07) is 1.92. The molecule has 0 aliphatic carbocycles. The second-order valence-corrected chi connectivity index (χ2v) is 5.09. The molecule has 88 valence electrons. The third kappa shape index (κ3) is 3.64. The Morgan fingerprint density at radius 1 is 1.44 bits per heavy atom. The van der Waals surface area contributed by atoms with Gasteiger partial charge in [0.1, 0.15) is 11.6 Å². The van der Waals surface area contributed by atoms with Crippen LogP contribution >= 0.6 is 11.8 Å². The van der Waals surface area contributed by atoms with Gasteiger partial charge in [0.15, 0.2) is 0 Å². The van der Waals surface area contributed by atoms with E-state index in [-0.39, 0.29) is 0 Å². The molecule has 1 saturated heterocycles. The highest BCUT2D eigenvalue weighted by Crippen LogP contribution is 2.08. The molecule has 0 amide bonds. The molecule has 0 unspecified atom stereocenters. The maximum absolute atomic E-state index is 4.31. The van der Waals surface area contributed by atoms with Gasteiger partial charge in [0.25, 0.3) is 0 Å². The highest BCUT2D eigenvalue weighted by atomic mass is 32.2. The fourth-order valence-corrected chi connectivity index (χ4v) is 2.70. The van der Waals surface area contributed by atoms with Gasteiger partial charge in [-0.05, 0) is 13.0 Å². The Morgan fingerprint density at radius 2 is 2.25 bits per heavy atom. The monoisotopic (exact) mass is 238 g/mol. The molecule has 2 rings (SSSR count). The Balaban J connectivity index is 1.71. The second kappa shape index (κ2) is 6.06. The number of hydrogen-bond acceptors (Lipinski definition) is 5. The van der Waals surface area contributed by atoms with Crippen LogP contribution in [-0.4, -0.2) is 52.6 Å². The minimum atomic E-state index is 0.819. The van der Waals surface area contributed by atoms with E-state index in [1.165, 1.54) is 24.6 Å². The number of aromatic nitrogens is 2. The van der Waals surface area contributed by atoms with Crippen molar-refractivity contribution in [2.75, 3.05) is 43.0 Å². The van der Waals surface area contributed by atoms with E-state index in [4.69, 9.17) is 0 Å². The maximum atomic E-state index is 4.31. The third-order valence-corrected chi connectivity index (χ3v) is 3.56. The fraction of sp³-hybridized carbons (Fsp3) is 0.636. The average Bonchev–Trinajstić information content (AvgIpc) is 2.30. The molecule has 1 N–H and O–H groups in total. The molecule has 1 aliphatic rings. The van der Waals surface area contributed by atoms with Gasteiger partial charge in [0.05, 0.1) is 0 Å². The Hall–Kier alpha value is -0.810. The zero-order valence-corrected chi connectivity index (χ0v) is 10.5. The lowest BCUT2D eigenvalue weighted by atomic mass is 10.4. The van der Waals surface area contributed by atoms with Crippen molar-refractivity contribution in [2.45, 2.75) is 6.92 Å². The first-order chi connectivity index (χ1) is 7.84. The predicted molar refractivity (Wildman–Crippen MR) is 69.0 cm³/mol. The number of nitrogens with one attached hydrogen (secondary N) is 1. The Bertz CT molecular complexity index is 326. The van der Waals surface area contributed by atoms with Crippen molar-refractivity contribution < 1.29 is 0 Å². The first-order valence-electron chi connectivity index (χ1n) is 5.68. The van der Waals surface area contributed by atoms with Gasteiger partial charge in [-0.3, -0.25) is 4.90 Å². The van der Waals surface area contributed by atoms with E-state index in [2.05, 4.69) is 20.2 Å². The molecular formula is C11H18N4S. The zero-order valence-electron chi connectivity index (χ0n) is 9.65. The van der Waals surface area contributed by atoms with Crippen molar-refractivity contribution in [1.82, 2.24) is 14.9 Å². The standard InChI is InChI=1S/C11H18N4S/c1-10-12-3-2-11(14-10)13-4-5-15-6-8-16-9-7-15/h2-3H,4-9H2,1H3,(H,12,13,14). The summed E-state index contributed by atoms with van der Waals surface area (Å²) in [5.74, 6) is 4.29. The molecule has 5 heteroatoms. The van der Waals surface area contributed by atoms with Gasteiger partial charge in [-0.1, -0.05) is 0 Å². The van der Waals surface area contributed by atoms with Gasteiger partial charge in [-0.15, -0.1) is 0 Å². The SMILES string of the molecule is Cc1nccc(NCCN2CCSCC2)n1. The van der Waals surface area contributed by atoms with Crippen LogP contribution in [0.1, 0.15) is 5.82 Å². The summed E-state index contributed by atoms with van der Waals surface area (Å²) in [4.78, 5) is 10.9. The number of hydrogen-bond donors (Lipinski definition) is 1. The topological polar surface area (TPSA) is 41.1 Å². The fourth-order valence-electron chi connectivity index (χ4n) is 1.72. The van der Waals surface area contributed by atoms with Gasteiger partial charge in [0, 0.05) is 43.9 Å². The molecule has 0 saturated carbocycles. The molecule has 0 aromatic carbocycles. The summed E-state index contributed by atoms with van der Waals surface area (Å²) in [6.45, 7) is 6.40. The van der Waals surface area contributed by atoms with Crippen molar-refractivity contribution in [2.24, 2.45) is 0 Å². The lowest BCUT2D eigenvalue weighted by molar-refractivity contribution is 0.314. The van der Waals surface area contributed by atoms with Crippen LogP contribution in [0.25, 0.3) is 0 Å². The summed E-state index contributed by atoms with van der Waals surface area (Å²) in [7, 11) is 0. The highest BCUT2D eigenvalue weighted by molar-refractivity contribution is 7.99. The van der Waals surface area contributed by atoms with E-state index in [0.717, 1.165) is 24.7 Å². The Labute approximate surface area is 101 Å². The normalized spacial score (nSPS) is 17.3. The zero-order chi connectivity index (χ0) is 11.2. The van der Waals surface area contributed by atoms with E-state index in [1.54, 1.807) is 6.20 Å². The molecule has 1 fully saturated rings. The molecule has 0 spiro atoms. The molecular weight excluding hydrogens is 220 g/mol. The first-order valence-corrected chi connectivity index (χ1v) is 6.84. The van der Waals surface area contributed by atoms with Crippen LogP contribution in [0.4, 0.5) is 5.82 Å². The van der Waals surface area contributed by atoms with Crippen LogP contribution in [-0.2, 0) is 0 Å². The number of thioether (sulfide) groups is 1. The summed E-state index contributed by atoms with van der Waals surface area (Å²) in [5, 5.41) is 3.33. The third-order valence-electron chi connectivity index (χ3n) is 2.61. The molecule has 1 aromatic rings. The first kappa shape index (κ1) is 11.7. The van der Waals surface area contributed by atoms with Crippen molar-refractivity contribution in [3.63, 3.8) is 0 Å². The quantitative estimate of drug-likeness (QED) is 0.855. The van der Waals surface area contributed by atoms with Gasteiger partial charge in [-0.25, -0.2) is 9.97 Å². The van der Waals surface area contributed by atoms with Gasteiger partial charge in [-0.2, -0.15) is 11.8 Å². The molecule has 1 aliphatic heterocycles. The minimum Gasteiger partial charge on any atom is -0.369 e. The molecule has 0 radical (unpaired) electrons. The van der Waals surface area contributed by atoms with Crippen molar-refractivity contribution in [3.05, 3.63) is 18.1 Å². The van der Waals surface area contributed by atoms with Crippen LogP contribution < -0.4 is 5.32 Å². The van der Waals surface area contributed by atoms with Crippen molar-refractivity contribution >= 4 is 17.6 Å². The highest BCUT2D eigenvalue weighted by Gasteiger charge is 2.09. The number of anilines is 1. The van der Waals surface area contributed by atoms with Crippen LogP contribution in [0.3, 0.4) is 0 Å². The smallest absolute Gasteiger partial charge is 0.129 e. The molecule has 1 aromatic heterocycles. The molecule has 16 heavy (non-hydrogen) atoms. The average molecular weight is 238 g/mol. The maximum Gasteiger partial charge on any atom is 0.129 e. The van der Waals surface area contributed by atoms with Crippen LogP contribution in [0, 0.1) is 6.92 Å². The van der Waals surface area contributed by atoms with E-state index >= 15 is 0 Å². The second-order valence-electron chi connectivity index (χ2n) is 3.87. The van der Waals surface area contributed by atoms with Crippen molar-refractivity contribution in [3.8, 4) is 0 Å². The molecule has 4 nitrogen and oxygen atoms in total. The number of nitrogens with zero attached hydrogens (tertiary/aromatic N) is 3. The lowest BCUT2D eigenvalue weighted by Gasteiger charge is -2.26. The van der Waals surface area contributed by atoms with Crippen LogP contribution in [0.15, 0.2) is 12.3 Å². The Kier molecular flexibility index (Phi) is 4.42. The van der Waals surface area contributed by atoms with Crippen LogP contribution in [0.2, 0.25) is 0 Å². The summed E-state index contributed by atoms with van der Waals surface area (Å²) < 4.78 is 0. The molecule has 2 heterocycles. The van der Waals surface area contributed by atoms with E-state index in [1.807, 2.05) is 24.8 Å². The number of rotatable bonds is 4. The molecule has 0 bridgehead atoms. The Morgan fingerprint density at radius 3 is 3.00 bits per heavy atom. The van der Waals surface area contributed by atoms with Gasteiger partial charge in [0.2, 0.25) is 0 Å². The molecule has 0 atom stereocenters. The van der Waals surface area contributed by atoms with Gasteiger partial charge < -0.3 is 5.32 Å². The van der Waals surface area contributed by atoms with E-state index < -0.39 is 0 Å². The minimum absolute atomic E-state index is 0.819. The largest absolute Gasteiger partial charge is 0.369 e. The van der Waals surface area contributed by atoms with E-state index in [9.17, 15) is 0 Å². The van der Waals surface area contributed by atoms with E-state index in [0.29, 0.717) is 0 Å². The summed E-state index contributed by atoms with van der Waals surface area (Å²) in [6.07, 6.45) is 1.79.